The number of nitrogens with one attached hydrogen (secondary N) is 1. The van der Waals surface area contributed by atoms with Crippen LogP contribution in [-0.4, -0.2) is 11.9 Å². The Morgan fingerprint density at radius 3 is 2.82 bits per heavy atom. The van der Waals surface area contributed by atoms with Gasteiger partial charge >= 0.3 is 0 Å². The summed E-state index contributed by atoms with van der Waals surface area (Å²) in [6.07, 6.45) is 6.56. The van der Waals surface area contributed by atoms with E-state index in [1.54, 1.807) is 17.8 Å². The van der Waals surface area contributed by atoms with Crippen LogP contribution in [0.25, 0.3) is 0 Å². The lowest BCUT2D eigenvalue weighted by molar-refractivity contribution is -0.117. The highest BCUT2D eigenvalue weighted by atomic mass is 32.2. The maximum absolute atomic E-state index is 11.5. The van der Waals surface area contributed by atoms with Gasteiger partial charge in [0.2, 0.25) is 5.91 Å². The second-order valence-electron chi connectivity index (χ2n) is 3.87. The van der Waals surface area contributed by atoms with Crippen molar-refractivity contribution in [2.75, 3.05) is 0 Å². The van der Waals surface area contributed by atoms with Crippen molar-refractivity contribution >= 4 is 17.7 Å². The summed E-state index contributed by atoms with van der Waals surface area (Å²) >= 11 is 1.66. The predicted molar refractivity (Wildman–Crippen MR) is 71.7 cm³/mol. The van der Waals surface area contributed by atoms with E-state index in [1.165, 1.54) is 4.90 Å². The molecular weight excluding hydrogens is 230 g/mol. The Morgan fingerprint density at radius 1 is 1.35 bits per heavy atom. The lowest BCUT2D eigenvalue weighted by atomic mass is 10.1. The molecule has 1 aliphatic heterocycles. The van der Waals surface area contributed by atoms with Gasteiger partial charge in [-0.15, -0.1) is 0 Å². The molecule has 0 saturated carbocycles. The molecule has 0 aromatic heterocycles. The van der Waals surface area contributed by atoms with Crippen molar-refractivity contribution in [1.29, 1.82) is 0 Å². The van der Waals surface area contributed by atoms with Gasteiger partial charge in [-0.05, 0) is 24.0 Å². The van der Waals surface area contributed by atoms with E-state index in [2.05, 4.69) is 17.4 Å². The third kappa shape index (κ3) is 3.49. The van der Waals surface area contributed by atoms with Gasteiger partial charge in [0.1, 0.15) is 0 Å². The molecule has 1 heterocycles. The number of allylic oxidation sites excluding steroid dienone is 1. The van der Waals surface area contributed by atoms with Gasteiger partial charge in [0.15, 0.2) is 0 Å². The Bertz CT molecular complexity index is 451. The van der Waals surface area contributed by atoms with Crippen LogP contribution < -0.4 is 5.32 Å². The summed E-state index contributed by atoms with van der Waals surface area (Å²) in [5.74, 6) is -0.00205. The Hall–Kier alpha value is -1.48. The number of benzene rings is 1. The van der Waals surface area contributed by atoms with E-state index in [0.717, 1.165) is 11.3 Å². The van der Waals surface area contributed by atoms with Crippen molar-refractivity contribution < 1.29 is 4.79 Å². The molecule has 1 amide bonds. The van der Waals surface area contributed by atoms with E-state index in [-0.39, 0.29) is 11.9 Å². The van der Waals surface area contributed by atoms with E-state index in [0.29, 0.717) is 0 Å². The second kappa shape index (κ2) is 5.73. The van der Waals surface area contributed by atoms with Crippen molar-refractivity contribution in [1.82, 2.24) is 5.32 Å². The Kier molecular flexibility index (Phi) is 4.04. The van der Waals surface area contributed by atoms with Crippen LogP contribution in [0.5, 0.6) is 0 Å². The molecule has 1 atom stereocenters. The number of rotatable bonds is 3. The number of hydrogen-bond acceptors (Lipinski definition) is 2. The van der Waals surface area contributed by atoms with Crippen LogP contribution in [0.4, 0.5) is 0 Å². The lowest BCUT2D eigenvalue weighted by Gasteiger charge is -2.20. The molecule has 0 aliphatic carbocycles. The topological polar surface area (TPSA) is 29.1 Å². The zero-order chi connectivity index (χ0) is 12.1. The lowest BCUT2D eigenvalue weighted by Crippen LogP contribution is -2.35. The number of hydrogen-bond donors (Lipinski definition) is 1. The van der Waals surface area contributed by atoms with Crippen LogP contribution >= 0.6 is 11.8 Å². The highest BCUT2D eigenvalue weighted by Crippen LogP contribution is 2.31. The number of amides is 1. The van der Waals surface area contributed by atoms with Gasteiger partial charge in [0.25, 0.3) is 0 Å². The average molecular weight is 245 g/mol. The predicted octanol–water partition coefficient (Wildman–Crippen LogP) is 3.13. The van der Waals surface area contributed by atoms with Gasteiger partial charge in [-0.25, -0.2) is 0 Å². The summed E-state index contributed by atoms with van der Waals surface area (Å²) in [4.78, 5) is 13.8. The normalized spacial score (nSPS) is 20.2. The third-order valence-electron chi connectivity index (χ3n) is 2.46. The van der Waals surface area contributed by atoms with E-state index in [9.17, 15) is 4.79 Å². The molecule has 2 rings (SSSR count). The highest BCUT2D eigenvalue weighted by Gasteiger charge is 2.17. The maximum Gasteiger partial charge on any atom is 0.245 e. The third-order valence-corrected chi connectivity index (χ3v) is 3.51. The minimum Gasteiger partial charge on any atom is -0.346 e. The number of carbonyl (C=O) groups is 1. The van der Waals surface area contributed by atoms with Gasteiger partial charge in [-0.3, -0.25) is 4.79 Å². The van der Waals surface area contributed by atoms with Crippen molar-refractivity contribution in [3.05, 3.63) is 53.5 Å². The number of thioether (sulfide) groups is 1. The molecule has 1 unspecified atom stereocenters. The van der Waals surface area contributed by atoms with Crippen molar-refractivity contribution in [2.24, 2.45) is 0 Å². The molecule has 17 heavy (non-hydrogen) atoms. The van der Waals surface area contributed by atoms with Gasteiger partial charge in [0, 0.05) is 17.4 Å². The van der Waals surface area contributed by atoms with Crippen molar-refractivity contribution in [2.45, 2.75) is 24.3 Å². The largest absolute Gasteiger partial charge is 0.346 e. The molecule has 3 heteroatoms. The zero-order valence-electron chi connectivity index (χ0n) is 9.72. The minimum atomic E-state index is -0.00205. The van der Waals surface area contributed by atoms with Crippen LogP contribution in [0.15, 0.2) is 58.4 Å². The fraction of sp³-hybridized carbons (Fsp3) is 0.214. The molecular formula is C14H15NOS. The first-order chi connectivity index (χ1) is 8.28. The molecule has 0 radical (unpaired) electrons. The first-order valence-corrected chi connectivity index (χ1v) is 6.46. The SMILES string of the molecule is C/C=C/C1CC(Sc2ccccc2)=CC(=O)N1. The Morgan fingerprint density at radius 2 is 2.12 bits per heavy atom. The molecule has 1 aromatic rings. The molecule has 0 spiro atoms. The van der Waals surface area contributed by atoms with Crippen molar-refractivity contribution in [3.63, 3.8) is 0 Å². The summed E-state index contributed by atoms with van der Waals surface area (Å²) in [6, 6.07) is 10.3. The summed E-state index contributed by atoms with van der Waals surface area (Å²) in [5, 5.41) is 2.92. The smallest absolute Gasteiger partial charge is 0.245 e. The fourth-order valence-electron chi connectivity index (χ4n) is 1.76. The monoisotopic (exact) mass is 245 g/mol. The molecule has 0 bridgehead atoms. The molecule has 1 N–H and O–H groups in total. The van der Waals surface area contributed by atoms with Crippen LogP contribution in [0.1, 0.15) is 13.3 Å². The molecule has 0 fully saturated rings. The van der Waals surface area contributed by atoms with E-state index < -0.39 is 0 Å². The molecule has 1 aromatic carbocycles. The standard InChI is InChI=1S/C14H15NOS/c1-2-6-11-9-13(10-14(16)15-11)17-12-7-4-3-5-8-12/h2-8,10-11H,9H2,1H3,(H,15,16)/b6-2+. The average Bonchev–Trinajstić information content (AvgIpc) is 2.30. The first kappa shape index (κ1) is 12.0. The van der Waals surface area contributed by atoms with Gasteiger partial charge in [-0.2, -0.15) is 0 Å². The van der Waals surface area contributed by atoms with Crippen molar-refractivity contribution in [3.8, 4) is 0 Å². The Balaban J connectivity index is 2.08. The van der Waals surface area contributed by atoms with Crippen LogP contribution in [0.2, 0.25) is 0 Å². The fourth-order valence-corrected chi connectivity index (χ4v) is 2.78. The van der Waals surface area contributed by atoms with Gasteiger partial charge < -0.3 is 5.32 Å². The highest BCUT2D eigenvalue weighted by molar-refractivity contribution is 8.03. The maximum atomic E-state index is 11.5. The van der Waals surface area contributed by atoms with Crippen LogP contribution in [-0.2, 0) is 4.79 Å². The van der Waals surface area contributed by atoms with E-state index in [4.69, 9.17) is 0 Å². The first-order valence-electron chi connectivity index (χ1n) is 5.64. The molecule has 1 aliphatic rings. The van der Waals surface area contributed by atoms with E-state index in [1.807, 2.05) is 37.3 Å². The quantitative estimate of drug-likeness (QED) is 0.829. The molecule has 0 saturated heterocycles. The minimum absolute atomic E-state index is 0.00205. The zero-order valence-corrected chi connectivity index (χ0v) is 10.5. The van der Waals surface area contributed by atoms with Crippen LogP contribution in [0.3, 0.4) is 0 Å². The summed E-state index contributed by atoms with van der Waals surface area (Å²) in [5.41, 5.74) is 0. The number of carbonyl (C=O) groups excluding carboxylic acids is 1. The van der Waals surface area contributed by atoms with Gasteiger partial charge in [-0.1, -0.05) is 42.1 Å². The Labute approximate surface area is 106 Å². The second-order valence-corrected chi connectivity index (χ2v) is 5.07. The summed E-state index contributed by atoms with van der Waals surface area (Å²) in [6.45, 7) is 1.97. The molecule has 88 valence electrons. The van der Waals surface area contributed by atoms with Gasteiger partial charge in [0.05, 0.1) is 6.04 Å². The molecule has 2 nitrogen and oxygen atoms in total. The van der Waals surface area contributed by atoms with E-state index >= 15 is 0 Å². The summed E-state index contributed by atoms with van der Waals surface area (Å²) < 4.78 is 0. The summed E-state index contributed by atoms with van der Waals surface area (Å²) in [7, 11) is 0. The van der Waals surface area contributed by atoms with Crippen LogP contribution in [0, 0.1) is 0 Å².